The Morgan fingerprint density at radius 1 is 1.25 bits per heavy atom. The van der Waals surface area contributed by atoms with Gasteiger partial charge in [-0.1, -0.05) is 12.1 Å². The maximum Gasteiger partial charge on any atom is 0.244 e. The summed E-state index contributed by atoms with van der Waals surface area (Å²) in [6, 6.07) is 8.22. The molecule has 1 heterocycles. The van der Waals surface area contributed by atoms with Gasteiger partial charge in [0, 0.05) is 32.2 Å². The molecule has 130 valence electrons. The maximum absolute atomic E-state index is 12.7. The van der Waals surface area contributed by atoms with Gasteiger partial charge in [-0.05, 0) is 26.0 Å². The van der Waals surface area contributed by atoms with Gasteiger partial charge in [-0.2, -0.15) is 9.57 Å². The van der Waals surface area contributed by atoms with Crippen LogP contribution in [0.1, 0.15) is 19.4 Å². The monoisotopic (exact) mass is 350 g/mol. The van der Waals surface area contributed by atoms with Crippen LogP contribution in [0.15, 0.2) is 29.2 Å². The molecule has 1 fully saturated rings. The second kappa shape index (κ2) is 7.75. The predicted molar refractivity (Wildman–Crippen MR) is 89.6 cm³/mol. The number of hydrogen-bond acceptors (Lipinski definition) is 5. The number of nitriles is 1. The van der Waals surface area contributed by atoms with Crippen molar-refractivity contribution in [2.45, 2.75) is 24.8 Å². The first-order chi connectivity index (χ1) is 11.3. The summed E-state index contributed by atoms with van der Waals surface area (Å²) in [4.78, 5) is 13.8. The van der Waals surface area contributed by atoms with E-state index in [1.807, 2.05) is 24.8 Å². The lowest BCUT2D eigenvalue weighted by Crippen LogP contribution is -2.51. The van der Waals surface area contributed by atoms with Crippen molar-refractivity contribution in [2.75, 3.05) is 32.7 Å². The molecule has 0 spiro atoms. The number of carbonyl (C=O) groups excluding carboxylic acids is 1. The average molecular weight is 350 g/mol. The molecule has 0 unspecified atom stereocenters. The van der Waals surface area contributed by atoms with E-state index in [9.17, 15) is 13.2 Å². The van der Waals surface area contributed by atoms with Crippen LogP contribution in [0.4, 0.5) is 0 Å². The van der Waals surface area contributed by atoms with Gasteiger partial charge >= 0.3 is 0 Å². The zero-order valence-corrected chi connectivity index (χ0v) is 14.7. The van der Waals surface area contributed by atoms with Crippen LogP contribution in [0.5, 0.6) is 0 Å². The summed E-state index contributed by atoms with van der Waals surface area (Å²) in [6.07, 6.45) is 0. The normalized spacial score (nSPS) is 16.8. The second-order valence-corrected chi connectivity index (χ2v) is 7.92. The van der Waals surface area contributed by atoms with Crippen LogP contribution in [0, 0.1) is 11.3 Å². The van der Waals surface area contributed by atoms with E-state index in [4.69, 9.17) is 5.26 Å². The molecule has 24 heavy (non-hydrogen) atoms. The zero-order chi connectivity index (χ0) is 17.7. The number of nitrogens with one attached hydrogen (secondary N) is 1. The summed E-state index contributed by atoms with van der Waals surface area (Å²) in [5.41, 5.74) is 0.149. The van der Waals surface area contributed by atoms with Crippen LogP contribution >= 0.6 is 0 Å². The van der Waals surface area contributed by atoms with Crippen LogP contribution in [-0.4, -0.2) is 62.3 Å². The summed E-state index contributed by atoms with van der Waals surface area (Å²) >= 11 is 0. The van der Waals surface area contributed by atoms with Crippen molar-refractivity contribution in [3.05, 3.63) is 29.8 Å². The topological polar surface area (TPSA) is 93.5 Å². The van der Waals surface area contributed by atoms with Gasteiger partial charge in [-0.25, -0.2) is 8.42 Å². The second-order valence-electron chi connectivity index (χ2n) is 6.01. The molecule has 8 heteroatoms. The molecule has 0 aliphatic carbocycles. The van der Waals surface area contributed by atoms with E-state index in [0.29, 0.717) is 26.2 Å². The standard InChI is InChI=1S/C16H22N4O3S/c1-13(2)18-16(21)12-19-7-9-20(10-8-19)24(22,23)15-6-4-3-5-14(15)11-17/h3-6,13H,7-10,12H2,1-2H3,(H,18,21). The van der Waals surface area contributed by atoms with Crippen molar-refractivity contribution in [3.8, 4) is 6.07 Å². The molecule has 0 bridgehead atoms. The van der Waals surface area contributed by atoms with E-state index in [-0.39, 0.29) is 29.0 Å². The van der Waals surface area contributed by atoms with E-state index in [0.717, 1.165) is 0 Å². The quantitative estimate of drug-likeness (QED) is 0.829. The minimum atomic E-state index is -3.69. The Morgan fingerprint density at radius 2 is 1.88 bits per heavy atom. The lowest BCUT2D eigenvalue weighted by atomic mass is 10.2. The number of piperazine rings is 1. The van der Waals surface area contributed by atoms with Gasteiger partial charge in [0.05, 0.1) is 17.0 Å². The molecule has 1 aliphatic rings. The van der Waals surface area contributed by atoms with E-state index >= 15 is 0 Å². The number of nitrogens with zero attached hydrogens (tertiary/aromatic N) is 3. The molecule has 7 nitrogen and oxygen atoms in total. The molecule has 2 rings (SSSR count). The lowest BCUT2D eigenvalue weighted by Gasteiger charge is -2.33. The van der Waals surface area contributed by atoms with Crippen molar-refractivity contribution in [3.63, 3.8) is 0 Å². The van der Waals surface area contributed by atoms with Crippen LogP contribution in [0.3, 0.4) is 0 Å². The number of hydrogen-bond donors (Lipinski definition) is 1. The van der Waals surface area contributed by atoms with E-state index in [2.05, 4.69) is 5.32 Å². The van der Waals surface area contributed by atoms with Gasteiger partial charge in [0.2, 0.25) is 15.9 Å². The Hall–Kier alpha value is -1.95. The third kappa shape index (κ3) is 4.32. The van der Waals surface area contributed by atoms with Crippen molar-refractivity contribution in [2.24, 2.45) is 0 Å². The van der Waals surface area contributed by atoms with Crippen LogP contribution < -0.4 is 5.32 Å². The summed E-state index contributed by atoms with van der Waals surface area (Å²) in [7, 11) is -3.69. The Kier molecular flexibility index (Phi) is 5.94. The molecule has 0 atom stereocenters. The third-order valence-electron chi connectivity index (χ3n) is 3.77. The molecule has 0 radical (unpaired) electrons. The van der Waals surface area contributed by atoms with Crippen molar-refractivity contribution in [1.29, 1.82) is 5.26 Å². The Labute approximate surface area is 142 Å². The minimum Gasteiger partial charge on any atom is -0.353 e. The number of amides is 1. The lowest BCUT2D eigenvalue weighted by molar-refractivity contribution is -0.123. The fraction of sp³-hybridized carbons (Fsp3) is 0.500. The number of benzene rings is 1. The highest BCUT2D eigenvalue weighted by molar-refractivity contribution is 7.89. The first-order valence-corrected chi connectivity index (χ1v) is 9.29. The highest BCUT2D eigenvalue weighted by atomic mass is 32.2. The summed E-state index contributed by atoms with van der Waals surface area (Å²) in [5, 5.41) is 11.9. The largest absolute Gasteiger partial charge is 0.353 e. The van der Waals surface area contributed by atoms with Crippen molar-refractivity contribution < 1.29 is 13.2 Å². The molecule has 1 aromatic rings. The number of sulfonamides is 1. The molecule has 0 aromatic heterocycles. The molecule has 0 saturated carbocycles. The summed E-state index contributed by atoms with van der Waals surface area (Å²) in [6.45, 7) is 5.64. The zero-order valence-electron chi connectivity index (χ0n) is 13.9. The molecular weight excluding hydrogens is 328 g/mol. The minimum absolute atomic E-state index is 0.0403. The van der Waals surface area contributed by atoms with Gasteiger partial charge in [0.1, 0.15) is 6.07 Å². The predicted octanol–water partition coefficient (Wildman–Crippen LogP) is 0.389. The first-order valence-electron chi connectivity index (χ1n) is 7.85. The number of rotatable bonds is 5. The van der Waals surface area contributed by atoms with E-state index in [1.54, 1.807) is 12.1 Å². The fourth-order valence-corrected chi connectivity index (χ4v) is 4.19. The molecule has 1 N–H and O–H groups in total. The smallest absolute Gasteiger partial charge is 0.244 e. The SMILES string of the molecule is CC(C)NC(=O)CN1CCN(S(=O)(=O)c2ccccc2C#N)CC1. The molecule has 1 aliphatic heterocycles. The van der Waals surface area contributed by atoms with Gasteiger partial charge in [-0.15, -0.1) is 0 Å². The Balaban J connectivity index is 2.01. The summed E-state index contributed by atoms with van der Waals surface area (Å²) < 4.78 is 26.8. The Morgan fingerprint density at radius 3 is 2.46 bits per heavy atom. The van der Waals surface area contributed by atoms with Gasteiger partial charge in [0.15, 0.2) is 0 Å². The molecule has 1 aromatic carbocycles. The van der Waals surface area contributed by atoms with Gasteiger partial charge in [-0.3, -0.25) is 9.69 Å². The van der Waals surface area contributed by atoms with Crippen LogP contribution in [-0.2, 0) is 14.8 Å². The number of carbonyl (C=O) groups is 1. The van der Waals surface area contributed by atoms with Crippen molar-refractivity contribution in [1.82, 2.24) is 14.5 Å². The maximum atomic E-state index is 12.7. The molecular formula is C16H22N4O3S. The summed E-state index contributed by atoms with van der Waals surface area (Å²) in [5.74, 6) is -0.0591. The van der Waals surface area contributed by atoms with Gasteiger partial charge in [0.25, 0.3) is 0 Å². The first kappa shape index (κ1) is 18.4. The Bertz CT molecular complexity index is 732. The van der Waals surface area contributed by atoms with E-state index in [1.165, 1.54) is 16.4 Å². The molecule has 1 saturated heterocycles. The van der Waals surface area contributed by atoms with Crippen LogP contribution in [0.2, 0.25) is 0 Å². The average Bonchev–Trinajstić information content (AvgIpc) is 2.54. The van der Waals surface area contributed by atoms with Crippen molar-refractivity contribution >= 4 is 15.9 Å². The van der Waals surface area contributed by atoms with Crippen LogP contribution in [0.25, 0.3) is 0 Å². The van der Waals surface area contributed by atoms with E-state index < -0.39 is 10.0 Å². The highest BCUT2D eigenvalue weighted by Gasteiger charge is 2.30. The van der Waals surface area contributed by atoms with Gasteiger partial charge < -0.3 is 5.32 Å². The fourth-order valence-electron chi connectivity index (χ4n) is 2.62. The molecule has 1 amide bonds. The highest BCUT2D eigenvalue weighted by Crippen LogP contribution is 2.20. The third-order valence-corrected chi connectivity index (χ3v) is 5.73.